The topological polar surface area (TPSA) is 27.3 Å². The van der Waals surface area contributed by atoms with Crippen molar-refractivity contribution >= 4 is 17.1 Å². The van der Waals surface area contributed by atoms with E-state index in [9.17, 15) is 0 Å². The Kier molecular flexibility index (Phi) is 1.69. The van der Waals surface area contributed by atoms with Crippen molar-refractivity contribution in [2.45, 2.75) is 6.17 Å². The van der Waals surface area contributed by atoms with E-state index < -0.39 is 0 Å². The van der Waals surface area contributed by atoms with E-state index in [1.54, 1.807) is 0 Å². The molecule has 3 nitrogen and oxygen atoms in total. The van der Waals surface area contributed by atoms with E-state index in [1.165, 1.54) is 0 Å². The molecule has 0 unspecified atom stereocenters. The third-order valence-corrected chi connectivity index (χ3v) is 2.28. The van der Waals surface area contributed by atoms with Gasteiger partial charge in [-0.25, -0.2) is 0 Å². The third-order valence-electron chi connectivity index (χ3n) is 2.01. The molecule has 0 bridgehead atoms. The SMILES string of the molecule is S=C1CN[C@H]2CNCN2C1. The molecule has 2 aliphatic rings. The Bertz CT molecular complexity index is 159. The van der Waals surface area contributed by atoms with Crippen LogP contribution in [-0.2, 0) is 0 Å². The first-order valence-corrected chi connectivity index (χ1v) is 3.97. The fraction of sp³-hybridized carbons (Fsp3) is 0.833. The van der Waals surface area contributed by atoms with Crippen LogP contribution in [0.25, 0.3) is 0 Å². The largest absolute Gasteiger partial charge is 0.301 e. The van der Waals surface area contributed by atoms with Crippen LogP contribution in [0.1, 0.15) is 0 Å². The van der Waals surface area contributed by atoms with E-state index in [2.05, 4.69) is 15.5 Å². The Balaban J connectivity index is 2.03. The Morgan fingerprint density at radius 3 is 3.40 bits per heavy atom. The van der Waals surface area contributed by atoms with Crippen molar-refractivity contribution in [3.05, 3.63) is 0 Å². The van der Waals surface area contributed by atoms with Crippen LogP contribution in [0.3, 0.4) is 0 Å². The van der Waals surface area contributed by atoms with Crippen LogP contribution in [0, 0.1) is 0 Å². The molecule has 2 heterocycles. The molecule has 2 aliphatic heterocycles. The molecule has 0 aromatic heterocycles. The quantitative estimate of drug-likeness (QED) is 0.448. The summed E-state index contributed by atoms with van der Waals surface area (Å²) >= 11 is 5.10. The molecular weight excluding hydrogens is 146 g/mol. The predicted octanol–water partition coefficient (Wildman–Crippen LogP) is -0.852. The zero-order valence-electron chi connectivity index (χ0n) is 5.76. The summed E-state index contributed by atoms with van der Waals surface area (Å²) in [5.41, 5.74) is 0. The first-order chi connectivity index (χ1) is 4.86. The van der Waals surface area contributed by atoms with Crippen LogP contribution in [0.5, 0.6) is 0 Å². The van der Waals surface area contributed by atoms with Crippen LogP contribution in [0.15, 0.2) is 0 Å². The summed E-state index contributed by atoms with van der Waals surface area (Å²) in [6.45, 7) is 3.94. The monoisotopic (exact) mass is 157 g/mol. The summed E-state index contributed by atoms with van der Waals surface area (Å²) in [5.74, 6) is 0. The number of nitrogens with one attached hydrogen (secondary N) is 2. The lowest BCUT2D eigenvalue weighted by Crippen LogP contribution is -2.52. The number of fused-ring (bicyclic) bond motifs is 1. The number of hydrogen-bond acceptors (Lipinski definition) is 4. The van der Waals surface area contributed by atoms with Gasteiger partial charge < -0.3 is 5.32 Å². The molecule has 56 valence electrons. The Morgan fingerprint density at radius 2 is 2.50 bits per heavy atom. The van der Waals surface area contributed by atoms with Crippen molar-refractivity contribution in [2.24, 2.45) is 0 Å². The first kappa shape index (κ1) is 6.67. The molecule has 0 aromatic carbocycles. The van der Waals surface area contributed by atoms with Gasteiger partial charge in [-0.05, 0) is 0 Å². The fourth-order valence-corrected chi connectivity index (χ4v) is 1.71. The highest BCUT2D eigenvalue weighted by Crippen LogP contribution is 2.05. The van der Waals surface area contributed by atoms with Crippen LogP contribution in [0.2, 0.25) is 0 Å². The van der Waals surface area contributed by atoms with E-state index in [0.717, 1.165) is 31.2 Å². The summed E-state index contributed by atoms with van der Waals surface area (Å²) in [7, 11) is 0. The van der Waals surface area contributed by atoms with Gasteiger partial charge in [-0.2, -0.15) is 0 Å². The number of hydrogen-bond donors (Lipinski definition) is 2. The molecule has 0 radical (unpaired) electrons. The highest BCUT2D eigenvalue weighted by Gasteiger charge is 2.27. The molecule has 1 atom stereocenters. The number of thiocarbonyl (C=S) groups is 1. The van der Waals surface area contributed by atoms with Crippen LogP contribution in [-0.4, -0.2) is 42.2 Å². The van der Waals surface area contributed by atoms with E-state index in [1.807, 2.05) is 0 Å². The maximum Gasteiger partial charge on any atom is 0.0742 e. The van der Waals surface area contributed by atoms with Gasteiger partial charge in [0.2, 0.25) is 0 Å². The molecule has 2 N–H and O–H groups in total. The van der Waals surface area contributed by atoms with Crippen molar-refractivity contribution in [3.63, 3.8) is 0 Å². The molecule has 0 aromatic rings. The molecule has 2 fully saturated rings. The zero-order chi connectivity index (χ0) is 6.97. The molecule has 2 rings (SSSR count). The highest BCUT2D eigenvalue weighted by molar-refractivity contribution is 7.80. The van der Waals surface area contributed by atoms with Gasteiger partial charge in [0, 0.05) is 31.2 Å². The van der Waals surface area contributed by atoms with E-state index in [-0.39, 0.29) is 0 Å². The molecule has 0 spiro atoms. The van der Waals surface area contributed by atoms with E-state index >= 15 is 0 Å². The van der Waals surface area contributed by atoms with Crippen molar-refractivity contribution in [1.82, 2.24) is 15.5 Å². The molecule has 0 amide bonds. The van der Waals surface area contributed by atoms with Gasteiger partial charge in [-0.15, -0.1) is 0 Å². The maximum atomic E-state index is 5.10. The van der Waals surface area contributed by atoms with Gasteiger partial charge in [0.1, 0.15) is 0 Å². The molecule has 0 saturated carbocycles. The zero-order valence-corrected chi connectivity index (χ0v) is 6.58. The van der Waals surface area contributed by atoms with Gasteiger partial charge in [0.05, 0.1) is 6.17 Å². The lowest BCUT2D eigenvalue weighted by atomic mass is 10.3. The van der Waals surface area contributed by atoms with E-state index in [0.29, 0.717) is 6.17 Å². The molecule has 0 aliphatic carbocycles. The summed E-state index contributed by atoms with van der Waals surface area (Å²) < 4.78 is 0. The maximum absolute atomic E-state index is 5.10. The highest BCUT2D eigenvalue weighted by atomic mass is 32.1. The number of nitrogens with zero attached hydrogens (tertiary/aromatic N) is 1. The van der Waals surface area contributed by atoms with E-state index in [4.69, 9.17) is 12.2 Å². The van der Waals surface area contributed by atoms with Gasteiger partial charge in [0.15, 0.2) is 0 Å². The number of rotatable bonds is 0. The Morgan fingerprint density at radius 1 is 1.60 bits per heavy atom. The van der Waals surface area contributed by atoms with Crippen molar-refractivity contribution in [2.75, 3.05) is 26.3 Å². The molecule has 10 heavy (non-hydrogen) atoms. The summed E-state index contributed by atoms with van der Waals surface area (Å²) in [6, 6.07) is 0. The third kappa shape index (κ3) is 1.08. The minimum absolute atomic E-state index is 0.534. The minimum Gasteiger partial charge on any atom is -0.301 e. The molecular formula is C6H11N3S. The predicted molar refractivity (Wildman–Crippen MR) is 44.0 cm³/mol. The second-order valence-electron chi connectivity index (χ2n) is 2.79. The van der Waals surface area contributed by atoms with Crippen LogP contribution in [0.4, 0.5) is 0 Å². The lowest BCUT2D eigenvalue weighted by molar-refractivity contribution is 0.245. The summed E-state index contributed by atoms with van der Waals surface area (Å²) in [6.07, 6.45) is 0.534. The molecule has 2 saturated heterocycles. The summed E-state index contributed by atoms with van der Waals surface area (Å²) in [4.78, 5) is 3.45. The second-order valence-corrected chi connectivity index (χ2v) is 3.37. The first-order valence-electron chi connectivity index (χ1n) is 3.56. The standard InChI is InChI=1S/C6H11N3S/c10-5-1-8-6-2-7-4-9(6)3-5/h6-8H,1-4H2/t6-/m1/s1. The van der Waals surface area contributed by atoms with Gasteiger partial charge in [0.25, 0.3) is 0 Å². The van der Waals surface area contributed by atoms with Crippen molar-refractivity contribution in [3.8, 4) is 0 Å². The van der Waals surface area contributed by atoms with Gasteiger partial charge in [-0.1, -0.05) is 12.2 Å². The van der Waals surface area contributed by atoms with Crippen molar-refractivity contribution in [1.29, 1.82) is 0 Å². The van der Waals surface area contributed by atoms with Gasteiger partial charge >= 0.3 is 0 Å². The average Bonchev–Trinajstić information content (AvgIpc) is 2.33. The van der Waals surface area contributed by atoms with Crippen LogP contribution >= 0.6 is 12.2 Å². The lowest BCUT2D eigenvalue weighted by Gasteiger charge is -2.29. The second kappa shape index (κ2) is 2.54. The smallest absolute Gasteiger partial charge is 0.0742 e. The summed E-state index contributed by atoms with van der Waals surface area (Å²) in [5, 5.41) is 6.64. The van der Waals surface area contributed by atoms with Gasteiger partial charge in [-0.3, -0.25) is 10.2 Å². The Hall–Kier alpha value is -0.0300. The average molecular weight is 157 g/mol. The Labute approximate surface area is 65.8 Å². The minimum atomic E-state index is 0.534. The van der Waals surface area contributed by atoms with Crippen LogP contribution < -0.4 is 10.6 Å². The molecule has 4 heteroatoms. The van der Waals surface area contributed by atoms with Crippen molar-refractivity contribution < 1.29 is 0 Å². The normalized spacial score (nSPS) is 34.4. The fourth-order valence-electron chi connectivity index (χ4n) is 1.47.